The Labute approximate surface area is 313 Å². The molecule has 2 fully saturated rings. The molecular formula is C29H30F24O6. The van der Waals surface area contributed by atoms with Crippen LogP contribution in [0, 0.1) is 41.4 Å². The third kappa shape index (κ3) is 9.52. The van der Waals surface area contributed by atoms with E-state index in [1.807, 2.05) is 0 Å². The highest BCUT2D eigenvalue weighted by Gasteiger charge is 2.78. The number of aliphatic hydroxyl groups is 4. The van der Waals surface area contributed by atoms with Crippen molar-refractivity contribution in [3.63, 3.8) is 0 Å². The maximum Gasteiger partial charge on any atom is 0.426 e. The minimum Gasteiger partial charge on any atom is -0.462 e. The molecule has 0 heterocycles. The van der Waals surface area contributed by atoms with E-state index < -0.39 is 157 Å². The van der Waals surface area contributed by atoms with Crippen molar-refractivity contribution in [1.29, 1.82) is 0 Å². The number of halogens is 24. The van der Waals surface area contributed by atoms with Crippen molar-refractivity contribution >= 4 is 5.97 Å². The van der Waals surface area contributed by atoms with Crippen LogP contribution in [0.5, 0.6) is 0 Å². The van der Waals surface area contributed by atoms with E-state index in [-0.39, 0.29) is 6.42 Å². The molecule has 0 aromatic rings. The predicted octanol–water partition coefficient (Wildman–Crippen LogP) is 9.04. The number of ether oxygens (including phenoxy) is 1. The van der Waals surface area contributed by atoms with Gasteiger partial charge in [0.05, 0.1) is 5.92 Å². The summed E-state index contributed by atoms with van der Waals surface area (Å²) in [5.74, 6) is -17.4. The Bertz CT molecular complexity index is 1250. The molecule has 0 aromatic heterocycles. The molecule has 0 aromatic carbocycles. The average molecular weight is 931 g/mol. The van der Waals surface area contributed by atoms with Crippen LogP contribution in [0.15, 0.2) is 0 Å². The van der Waals surface area contributed by atoms with E-state index in [0.29, 0.717) is 0 Å². The van der Waals surface area contributed by atoms with E-state index in [1.165, 1.54) is 13.8 Å². The second-order valence-electron chi connectivity index (χ2n) is 14.9. The van der Waals surface area contributed by atoms with Gasteiger partial charge in [-0.25, -0.2) is 0 Å². The number of carbonyl (C=O) groups excluding carboxylic acids is 1. The van der Waals surface area contributed by atoms with Crippen LogP contribution in [0.4, 0.5) is 105 Å². The van der Waals surface area contributed by atoms with Crippen molar-refractivity contribution in [1.82, 2.24) is 0 Å². The van der Waals surface area contributed by atoms with Gasteiger partial charge in [0.1, 0.15) is 6.10 Å². The second-order valence-corrected chi connectivity index (χ2v) is 14.9. The molecule has 350 valence electrons. The zero-order chi connectivity index (χ0) is 47.1. The Morgan fingerprint density at radius 3 is 0.881 bits per heavy atom. The maximum atomic E-state index is 13.9. The molecule has 6 nitrogen and oxygen atoms in total. The van der Waals surface area contributed by atoms with Crippen molar-refractivity contribution in [2.75, 3.05) is 0 Å². The van der Waals surface area contributed by atoms with Gasteiger partial charge in [-0.15, -0.1) is 0 Å². The molecule has 2 aliphatic carbocycles. The number of carbonyl (C=O) groups is 1. The van der Waals surface area contributed by atoms with Crippen LogP contribution in [0.1, 0.15) is 52.4 Å². The molecule has 0 amide bonds. The molecule has 2 aliphatic rings. The summed E-state index contributed by atoms with van der Waals surface area (Å²) in [6, 6.07) is 0. The average Bonchev–Trinajstić information content (AvgIpc) is 3.53. The molecular weight excluding hydrogens is 900 g/mol. The van der Waals surface area contributed by atoms with Crippen molar-refractivity contribution in [2.45, 2.75) is 130 Å². The zero-order valence-electron chi connectivity index (χ0n) is 29.0. The lowest BCUT2D eigenvalue weighted by Crippen LogP contribution is -2.64. The van der Waals surface area contributed by atoms with E-state index in [1.54, 1.807) is 0 Å². The van der Waals surface area contributed by atoms with Gasteiger partial charge in [-0.3, -0.25) is 4.79 Å². The van der Waals surface area contributed by atoms with Gasteiger partial charge in [0.15, 0.2) is 0 Å². The summed E-state index contributed by atoms with van der Waals surface area (Å²) < 4.78 is 339. The number of hydrogen-bond donors (Lipinski definition) is 4. The third-order valence-electron chi connectivity index (χ3n) is 11.4. The predicted molar refractivity (Wildman–Crippen MR) is 142 cm³/mol. The zero-order valence-corrected chi connectivity index (χ0v) is 29.0. The van der Waals surface area contributed by atoms with E-state index in [2.05, 4.69) is 4.74 Å². The van der Waals surface area contributed by atoms with Gasteiger partial charge >= 0.3 is 55.4 Å². The van der Waals surface area contributed by atoms with E-state index in [9.17, 15) is 131 Å². The highest BCUT2D eigenvalue weighted by atomic mass is 19.4. The Morgan fingerprint density at radius 2 is 0.695 bits per heavy atom. The molecule has 0 spiro atoms. The molecule has 4 N–H and O–H groups in total. The van der Waals surface area contributed by atoms with Gasteiger partial charge in [0.2, 0.25) is 0 Å². The molecule has 5 unspecified atom stereocenters. The first-order valence-electron chi connectivity index (χ1n) is 16.2. The van der Waals surface area contributed by atoms with Crippen LogP contribution in [0.3, 0.4) is 0 Å². The number of fused-ring (bicyclic) bond motifs is 2. The van der Waals surface area contributed by atoms with Crippen molar-refractivity contribution < 1.29 is 135 Å². The molecule has 2 bridgehead atoms. The van der Waals surface area contributed by atoms with Crippen LogP contribution in [-0.4, -0.2) is 104 Å². The van der Waals surface area contributed by atoms with Gasteiger partial charge in [-0.2, -0.15) is 105 Å². The Hall–Kier alpha value is -2.37. The summed E-state index contributed by atoms with van der Waals surface area (Å²) in [4.78, 5) is 13.5. The van der Waals surface area contributed by atoms with E-state index in [4.69, 9.17) is 0 Å². The van der Waals surface area contributed by atoms with Crippen molar-refractivity contribution in [2.24, 2.45) is 41.4 Å². The van der Waals surface area contributed by atoms with Crippen molar-refractivity contribution in [3.05, 3.63) is 0 Å². The Kier molecular flexibility index (Phi) is 13.8. The summed E-state index contributed by atoms with van der Waals surface area (Å²) in [6.45, 7) is 2.76. The fraction of sp³-hybridized carbons (Fsp3) is 0.966. The highest BCUT2D eigenvalue weighted by molar-refractivity contribution is 5.74. The molecule has 0 radical (unpaired) electrons. The smallest absolute Gasteiger partial charge is 0.426 e. The standard InChI is InChI=1S/C29H30F24O6/c1-9-10(2)14-3-11(9)4-15(14)17(54)59-16(12(5-18(55,22(30,31)32)23(33,34)35)6-19(56,24(36,37)38)25(39,40)41)13(7-20(57,26(42,43)44)27(45,46)47)8-21(58,28(48,49)50)29(51,52)53/h9-16,55-58H,3-8H2,1-2H3. The summed E-state index contributed by atoms with van der Waals surface area (Å²) in [5.41, 5.74) is -27.6. The first kappa shape index (κ1) is 52.8. The number of rotatable bonds is 12. The fourth-order valence-electron chi connectivity index (χ4n) is 7.71. The quantitative estimate of drug-likeness (QED) is 0.115. The fourth-order valence-corrected chi connectivity index (χ4v) is 7.71. The first-order valence-corrected chi connectivity index (χ1v) is 16.2. The molecule has 5 atom stereocenters. The van der Waals surface area contributed by atoms with Gasteiger partial charge in [0, 0.05) is 37.5 Å². The topological polar surface area (TPSA) is 107 Å². The summed E-state index contributed by atoms with van der Waals surface area (Å²) in [5, 5.41) is 39.2. The molecule has 2 rings (SSSR count). The normalized spacial score (nSPS) is 23.9. The lowest BCUT2D eigenvalue weighted by atomic mass is 9.70. The second kappa shape index (κ2) is 15.5. The molecule has 2 saturated carbocycles. The highest BCUT2D eigenvalue weighted by Crippen LogP contribution is 2.59. The number of hydrogen-bond acceptors (Lipinski definition) is 6. The van der Waals surface area contributed by atoms with E-state index >= 15 is 0 Å². The van der Waals surface area contributed by atoms with Crippen molar-refractivity contribution in [3.8, 4) is 0 Å². The first-order chi connectivity index (χ1) is 25.6. The lowest BCUT2D eigenvalue weighted by Gasteiger charge is -2.46. The Morgan fingerprint density at radius 1 is 0.458 bits per heavy atom. The minimum atomic E-state index is -7.50. The van der Waals surface area contributed by atoms with Gasteiger partial charge in [0.25, 0.3) is 22.4 Å². The summed E-state index contributed by atoms with van der Waals surface area (Å²) in [7, 11) is 0. The van der Waals surface area contributed by atoms with Gasteiger partial charge < -0.3 is 25.2 Å². The number of esters is 1. The van der Waals surface area contributed by atoms with Gasteiger partial charge in [-0.1, -0.05) is 13.8 Å². The Balaban J connectivity index is 3.29. The maximum absolute atomic E-state index is 13.9. The lowest BCUT2D eigenvalue weighted by molar-refractivity contribution is -0.391. The number of alkyl halides is 24. The molecule has 0 aliphatic heterocycles. The van der Waals surface area contributed by atoms with Crippen LogP contribution < -0.4 is 0 Å². The van der Waals surface area contributed by atoms with Crippen LogP contribution >= 0.6 is 0 Å². The van der Waals surface area contributed by atoms with Gasteiger partial charge in [-0.05, 0) is 36.5 Å². The third-order valence-corrected chi connectivity index (χ3v) is 11.4. The monoisotopic (exact) mass is 930 g/mol. The molecule has 59 heavy (non-hydrogen) atoms. The molecule has 30 heteroatoms. The van der Waals surface area contributed by atoms with Crippen LogP contribution in [0.25, 0.3) is 0 Å². The van der Waals surface area contributed by atoms with Crippen LogP contribution in [-0.2, 0) is 9.53 Å². The minimum absolute atomic E-state index is 0.160. The summed E-state index contributed by atoms with van der Waals surface area (Å²) >= 11 is 0. The SMILES string of the molecule is CC1C2CC(C(=O)OC(C(CC(O)(C(F)(F)F)C(F)(F)F)CC(O)(C(F)(F)F)C(F)(F)F)C(CC(O)(C(F)(F)F)C(F)(F)F)CC(O)(C(F)(F)F)C(F)(F)F)C(C2)C1C. The summed E-state index contributed by atoms with van der Waals surface area (Å²) in [6.07, 6.45) is -82.2. The largest absolute Gasteiger partial charge is 0.462 e. The van der Waals surface area contributed by atoms with Crippen LogP contribution in [0.2, 0.25) is 0 Å². The molecule has 0 saturated heterocycles. The van der Waals surface area contributed by atoms with E-state index in [0.717, 1.165) is 0 Å².